The first-order valence-electron chi connectivity index (χ1n) is 11.8. The van der Waals surface area contributed by atoms with Crippen LogP contribution < -0.4 is 5.32 Å². The highest BCUT2D eigenvalue weighted by Crippen LogP contribution is 2.22. The van der Waals surface area contributed by atoms with Gasteiger partial charge in [-0.15, -0.1) is 0 Å². The second kappa shape index (κ2) is 16.8. The molecule has 0 spiro atoms. The van der Waals surface area contributed by atoms with Crippen LogP contribution in [-0.2, 0) is 23.9 Å². The Morgan fingerprint density at radius 2 is 1.48 bits per heavy atom. The van der Waals surface area contributed by atoms with E-state index in [1.165, 1.54) is 45.6 Å². The summed E-state index contributed by atoms with van der Waals surface area (Å²) in [5, 5.41) is 2.76. The van der Waals surface area contributed by atoms with E-state index in [1.54, 1.807) is 0 Å². The number of hydrogen-bond donors (Lipinski definition) is 1. The molecule has 0 aliphatic carbocycles. The quantitative estimate of drug-likeness (QED) is 0.259. The van der Waals surface area contributed by atoms with Crippen LogP contribution in [0.25, 0.3) is 0 Å². The van der Waals surface area contributed by atoms with Gasteiger partial charge in [0.1, 0.15) is 12.7 Å². The molecule has 0 aromatic heterocycles. The van der Waals surface area contributed by atoms with Crippen molar-refractivity contribution in [2.75, 3.05) is 6.61 Å². The molecule has 0 heterocycles. The van der Waals surface area contributed by atoms with Crippen molar-refractivity contribution in [1.82, 2.24) is 5.32 Å². The molecule has 1 amide bonds. The predicted octanol–water partition coefficient (Wildman–Crippen LogP) is 5.35. The fraction of sp³-hybridized carbons (Fsp3) is 0.800. The van der Waals surface area contributed by atoms with Crippen molar-refractivity contribution in [3.63, 3.8) is 0 Å². The number of carbonyl (C=O) groups excluding carboxylic acids is 3. The molecule has 0 aromatic carbocycles. The molecule has 4 unspecified atom stereocenters. The highest BCUT2D eigenvalue weighted by molar-refractivity contribution is 5.73. The molecule has 0 aromatic rings. The van der Waals surface area contributed by atoms with Crippen molar-refractivity contribution in [3.05, 3.63) is 11.6 Å². The monoisotopic (exact) mass is 439 g/mol. The molecule has 0 radical (unpaired) electrons. The molecule has 0 saturated carbocycles. The number of ether oxygens (including phenoxy) is 2. The van der Waals surface area contributed by atoms with Crippen molar-refractivity contribution in [2.45, 2.75) is 112 Å². The number of rotatable bonds is 16. The first-order valence-corrected chi connectivity index (χ1v) is 11.8. The first-order chi connectivity index (χ1) is 14.5. The van der Waals surface area contributed by atoms with Crippen LogP contribution in [0.1, 0.15) is 99.8 Å². The van der Waals surface area contributed by atoms with Crippen LogP contribution in [0, 0.1) is 11.8 Å². The Morgan fingerprint density at radius 1 is 0.871 bits per heavy atom. The normalized spacial score (nSPS) is 15.5. The van der Waals surface area contributed by atoms with Gasteiger partial charge < -0.3 is 14.8 Å². The molecule has 0 aliphatic rings. The topological polar surface area (TPSA) is 81.7 Å². The summed E-state index contributed by atoms with van der Waals surface area (Å²) >= 11 is 0. The number of carbonyl (C=O) groups is 3. The lowest BCUT2D eigenvalue weighted by Crippen LogP contribution is -2.47. The molecule has 0 aliphatic heterocycles. The lowest BCUT2D eigenvalue weighted by molar-refractivity contribution is -0.152. The summed E-state index contributed by atoms with van der Waals surface area (Å²) in [4.78, 5) is 34.3. The molecule has 6 heteroatoms. The van der Waals surface area contributed by atoms with Gasteiger partial charge in [-0.05, 0) is 50.9 Å². The van der Waals surface area contributed by atoms with E-state index in [0.29, 0.717) is 12.3 Å². The van der Waals surface area contributed by atoms with Gasteiger partial charge in [0.2, 0.25) is 5.91 Å². The molecule has 0 rings (SSSR count). The van der Waals surface area contributed by atoms with E-state index in [4.69, 9.17) is 9.47 Å². The number of esters is 2. The van der Waals surface area contributed by atoms with Crippen LogP contribution in [0.3, 0.4) is 0 Å². The molecule has 6 nitrogen and oxygen atoms in total. The Morgan fingerprint density at radius 3 is 2.00 bits per heavy atom. The van der Waals surface area contributed by atoms with Gasteiger partial charge in [0.15, 0.2) is 0 Å². The van der Waals surface area contributed by atoms with E-state index in [-0.39, 0.29) is 12.5 Å². The Balaban J connectivity index is 4.54. The van der Waals surface area contributed by atoms with Crippen LogP contribution >= 0.6 is 0 Å². The third-order valence-corrected chi connectivity index (χ3v) is 5.67. The number of nitrogens with one attached hydrogen (secondary N) is 1. The predicted molar refractivity (Wildman–Crippen MR) is 124 cm³/mol. The van der Waals surface area contributed by atoms with Gasteiger partial charge in [-0.2, -0.15) is 0 Å². The van der Waals surface area contributed by atoms with Crippen molar-refractivity contribution in [3.8, 4) is 0 Å². The lowest BCUT2D eigenvalue weighted by atomic mass is 9.91. The maximum absolute atomic E-state index is 11.6. The average Bonchev–Trinajstić information content (AvgIpc) is 2.67. The molecule has 0 fully saturated rings. The van der Waals surface area contributed by atoms with E-state index < -0.39 is 24.1 Å². The third-order valence-electron chi connectivity index (χ3n) is 5.67. The Kier molecular flexibility index (Phi) is 15.8. The molecule has 0 saturated heterocycles. The first kappa shape index (κ1) is 29.1. The van der Waals surface area contributed by atoms with Gasteiger partial charge in [0, 0.05) is 20.8 Å². The summed E-state index contributed by atoms with van der Waals surface area (Å²) in [7, 11) is 0. The minimum Gasteiger partial charge on any atom is -0.464 e. The summed E-state index contributed by atoms with van der Waals surface area (Å²) in [6.07, 6.45) is 10.4. The molecule has 0 bridgehead atoms. The van der Waals surface area contributed by atoms with E-state index in [2.05, 4.69) is 39.1 Å². The summed E-state index contributed by atoms with van der Waals surface area (Å²) in [6, 6.07) is -0.544. The summed E-state index contributed by atoms with van der Waals surface area (Å²) in [5.41, 5.74) is 1.47. The van der Waals surface area contributed by atoms with Crippen molar-refractivity contribution in [1.29, 1.82) is 0 Å². The zero-order chi connectivity index (χ0) is 23.8. The minimum absolute atomic E-state index is 0.00922. The number of allylic oxidation sites excluding steroid dienone is 2. The van der Waals surface area contributed by atoms with Gasteiger partial charge in [-0.1, -0.05) is 51.7 Å². The molecular formula is C25H45NO5. The van der Waals surface area contributed by atoms with Gasteiger partial charge >= 0.3 is 11.9 Å². The van der Waals surface area contributed by atoms with Crippen molar-refractivity contribution in [2.24, 2.45) is 11.8 Å². The standard InChI is InChI=1S/C25H45NO5/c1-8-18(2)11-9-12-19(3)13-10-14-20(4)15-16-25(31-23(7)29)24(26-21(5)27)17-30-22(6)28/h11,19-20,24-25H,8-10,12-17H2,1-7H3,(H,26,27). The van der Waals surface area contributed by atoms with Gasteiger partial charge in [0.05, 0.1) is 6.04 Å². The van der Waals surface area contributed by atoms with Gasteiger partial charge in [-0.3, -0.25) is 14.4 Å². The van der Waals surface area contributed by atoms with E-state index >= 15 is 0 Å². The van der Waals surface area contributed by atoms with Gasteiger partial charge in [-0.25, -0.2) is 0 Å². The lowest BCUT2D eigenvalue weighted by Gasteiger charge is -2.28. The molecule has 4 atom stereocenters. The van der Waals surface area contributed by atoms with Crippen LogP contribution in [0.4, 0.5) is 0 Å². The number of hydrogen-bond acceptors (Lipinski definition) is 5. The Labute approximate surface area is 189 Å². The highest BCUT2D eigenvalue weighted by atomic mass is 16.6. The summed E-state index contributed by atoms with van der Waals surface area (Å²) < 4.78 is 10.5. The second-order valence-electron chi connectivity index (χ2n) is 8.96. The highest BCUT2D eigenvalue weighted by Gasteiger charge is 2.27. The molecule has 180 valence electrons. The fourth-order valence-electron chi connectivity index (χ4n) is 3.58. The minimum atomic E-state index is -0.544. The summed E-state index contributed by atoms with van der Waals surface area (Å²) in [6.45, 7) is 13.0. The van der Waals surface area contributed by atoms with Crippen LogP contribution in [0.2, 0.25) is 0 Å². The SMILES string of the molecule is CCC(C)=CCCC(C)CCCC(C)CCC(OC(C)=O)C(COC(C)=O)NC(C)=O. The number of amides is 1. The van der Waals surface area contributed by atoms with E-state index in [1.807, 2.05) is 0 Å². The Bertz CT molecular complexity index is 572. The van der Waals surface area contributed by atoms with Crippen LogP contribution in [-0.4, -0.2) is 36.6 Å². The fourth-order valence-corrected chi connectivity index (χ4v) is 3.58. The molecule has 31 heavy (non-hydrogen) atoms. The van der Waals surface area contributed by atoms with E-state index in [0.717, 1.165) is 31.6 Å². The second-order valence-corrected chi connectivity index (χ2v) is 8.96. The van der Waals surface area contributed by atoms with Crippen molar-refractivity contribution >= 4 is 17.8 Å². The maximum Gasteiger partial charge on any atom is 0.302 e. The Hall–Kier alpha value is -1.85. The molecule has 1 N–H and O–H groups in total. The summed E-state index contributed by atoms with van der Waals surface area (Å²) in [5.74, 6) is 0.117. The zero-order valence-electron chi connectivity index (χ0n) is 20.8. The van der Waals surface area contributed by atoms with Crippen LogP contribution in [0.5, 0.6) is 0 Å². The molecular weight excluding hydrogens is 394 g/mol. The maximum atomic E-state index is 11.6. The van der Waals surface area contributed by atoms with E-state index in [9.17, 15) is 14.4 Å². The smallest absolute Gasteiger partial charge is 0.302 e. The van der Waals surface area contributed by atoms with Gasteiger partial charge in [0.25, 0.3) is 0 Å². The largest absolute Gasteiger partial charge is 0.464 e. The van der Waals surface area contributed by atoms with Crippen LogP contribution in [0.15, 0.2) is 11.6 Å². The average molecular weight is 440 g/mol. The zero-order valence-corrected chi connectivity index (χ0v) is 20.8. The third kappa shape index (κ3) is 16.5. The van der Waals surface area contributed by atoms with Crippen molar-refractivity contribution < 1.29 is 23.9 Å².